The van der Waals surface area contributed by atoms with Crippen molar-refractivity contribution in [3.63, 3.8) is 0 Å². The number of methoxy groups -OCH3 is 1. The van der Waals surface area contributed by atoms with E-state index in [0.717, 1.165) is 0 Å². The number of nitrogens with zero attached hydrogens (tertiary/aromatic N) is 3. The van der Waals surface area contributed by atoms with E-state index < -0.39 is 63.6 Å². The number of pyridine rings is 1. The Bertz CT molecular complexity index is 2010. The van der Waals surface area contributed by atoms with Gasteiger partial charge < -0.3 is 9.84 Å². The number of phenolic OH excluding ortho intramolecular Hbond substituents is 1. The third-order valence-corrected chi connectivity index (χ3v) is 11.2. The van der Waals surface area contributed by atoms with Gasteiger partial charge >= 0.3 is 6.18 Å². The van der Waals surface area contributed by atoms with E-state index in [1.807, 2.05) is 13.0 Å². The summed E-state index contributed by atoms with van der Waals surface area (Å²) in [6.07, 6.45) is -1.67. The Balaban J connectivity index is 1.45. The summed E-state index contributed by atoms with van der Waals surface area (Å²) < 4.78 is 45.8. The minimum Gasteiger partial charge on any atom is -0.508 e. The van der Waals surface area contributed by atoms with Crippen molar-refractivity contribution in [2.45, 2.75) is 43.7 Å². The second-order valence-electron chi connectivity index (χ2n) is 13.2. The van der Waals surface area contributed by atoms with Crippen molar-refractivity contribution in [2.75, 3.05) is 19.1 Å². The maximum absolute atomic E-state index is 15.2. The number of amides is 4. The SMILES string of the molecule is CCCN1C(=O)C2CC=C3C(CC4C(=O)N(Nc5ncc(C(F)(F)F)cc5Cl)C(=O)C4(c4ccc(Cl)cc4)C3c3cc(OC)ccc3O)C2C1=O. The number of aromatic hydroxyl groups is 1. The number of aromatic nitrogens is 1. The molecule has 10 nitrogen and oxygen atoms in total. The van der Waals surface area contributed by atoms with Gasteiger partial charge in [-0.3, -0.25) is 29.5 Å². The number of hydrogen-bond donors (Lipinski definition) is 2. The largest absolute Gasteiger partial charge is 0.508 e. The van der Waals surface area contributed by atoms with Crippen LogP contribution in [0.15, 0.2) is 66.4 Å². The van der Waals surface area contributed by atoms with Gasteiger partial charge in [0.2, 0.25) is 11.8 Å². The lowest BCUT2D eigenvalue weighted by molar-refractivity contribution is -0.141. The minimum atomic E-state index is -4.75. The fraction of sp³-hybridized carbons (Fsp3) is 0.361. The van der Waals surface area contributed by atoms with Gasteiger partial charge in [-0.1, -0.05) is 53.9 Å². The van der Waals surface area contributed by atoms with Gasteiger partial charge in [-0.05, 0) is 67.1 Å². The summed E-state index contributed by atoms with van der Waals surface area (Å²) in [5, 5.41) is 12.0. The van der Waals surface area contributed by atoms with Crippen molar-refractivity contribution >= 4 is 52.6 Å². The van der Waals surface area contributed by atoms with Crippen LogP contribution in [-0.2, 0) is 30.8 Å². The van der Waals surface area contributed by atoms with E-state index in [1.54, 1.807) is 30.3 Å². The lowest BCUT2D eigenvalue weighted by Crippen LogP contribution is -2.53. The first-order chi connectivity index (χ1) is 24.2. The highest BCUT2D eigenvalue weighted by molar-refractivity contribution is 6.33. The van der Waals surface area contributed by atoms with Gasteiger partial charge in [0.25, 0.3) is 11.8 Å². The highest BCUT2D eigenvalue weighted by Gasteiger charge is 2.70. The molecule has 0 spiro atoms. The number of likely N-dealkylation sites (tertiary alicyclic amines) is 1. The minimum absolute atomic E-state index is 0.0350. The molecule has 4 amide bonds. The summed E-state index contributed by atoms with van der Waals surface area (Å²) in [5.41, 5.74) is 0.862. The zero-order chi connectivity index (χ0) is 36.6. The summed E-state index contributed by atoms with van der Waals surface area (Å²) in [7, 11) is 1.43. The molecule has 1 aromatic heterocycles. The molecule has 2 saturated heterocycles. The number of imide groups is 2. The predicted octanol–water partition coefficient (Wildman–Crippen LogP) is 6.52. The molecular weight excluding hydrogens is 712 g/mol. The van der Waals surface area contributed by atoms with E-state index in [-0.39, 0.29) is 48.3 Å². The molecular formula is C36H31Cl2F3N4O6. The van der Waals surface area contributed by atoms with E-state index in [9.17, 15) is 32.7 Å². The molecule has 266 valence electrons. The molecule has 0 bridgehead atoms. The molecule has 2 aliphatic heterocycles. The number of anilines is 1. The number of carbonyl (C=O) groups is 4. The first kappa shape index (κ1) is 34.8. The summed E-state index contributed by atoms with van der Waals surface area (Å²) >= 11 is 12.5. The third kappa shape index (κ3) is 5.26. The predicted molar refractivity (Wildman–Crippen MR) is 179 cm³/mol. The van der Waals surface area contributed by atoms with Crippen LogP contribution in [0.3, 0.4) is 0 Å². The molecule has 3 aromatic rings. The first-order valence-corrected chi connectivity index (χ1v) is 17.0. The second-order valence-corrected chi connectivity index (χ2v) is 14.0. The van der Waals surface area contributed by atoms with Crippen molar-refractivity contribution < 1.29 is 42.2 Å². The van der Waals surface area contributed by atoms with Crippen molar-refractivity contribution in [1.82, 2.24) is 14.9 Å². The number of ether oxygens (including phenoxy) is 1. The smallest absolute Gasteiger partial charge is 0.417 e. The van der Waals surface area contributed by atoms with Crippen molar-refractivity contribution in [3.8, 4) is 11.5 Å². The van der Waals surface area contributed by atoms with Gasteiger partial charge in [-0.15, -0.1) is 0 Å². The lowest BCUT2D eigenvalue weighted by Gasteiger charge is -2.50. The van der Waals surface area contributed by atoms with Gasteiger partial charge in [0.1, 0.15) is 11.5 Å². The van der Waals surface area contributed by atoms with Crippen LogP contribution in [0, 0.1) is 23.7 Å². The van der Waals surface area contributed by atoms with E-state index in [1.165, 1.54) is 24.1 Å². The quantitative estimate of drug-likeness (QED) is 0.207. The first-order valence-electron chi connectivity index (χ1n) is 16.3. The van der Waals surface area contributed by atoms with Crippen molar-refractivity contribution in [1.29, 1.82) is 0 Å². The molecule has 0 radical (unpaired) electrons. The topological polar surface area (TPSA) is 129 Å². The molecule has 1 saturated carbocycles. The second kappa shape index (κ2) is 12.6. The number of halogens is 5. The average molecular weight is 744 g/mol. The molecule has 15 heteroatoms. The van der Waals surface area contributed by atoms with Crippen LogP contribution >= 0.6 is 23.2 Å². The van der Waals surface area contributed by atoms with Gasteiger partial charge in [0.05, 0.1) is 40.9 Å². The Morgan fingerprint density at radius 3 is 2.39 bits per heavy atom. The number of benzene rings is 2. The number of fused-ring (bicyclic) bond motifs is 4. The molecule has 2 aliphatic carbocycles. The maximum atomic E-state index is 15.2. The van der Waals surface area contributed by atoms with Crippen LogP contribution in [0.2, 0.25) is 10.0 Å². The number of hydrazine groups is 1. The molecule has 7 rings (SSSR count). The van der Waals surface area contributed by atoms with Gasteiger partial charge in [0.15, 0.2) is 5.82 Å². The Kier molecular flexibility index (Phi) is 8.57. The molecule has 3 fully saturated rings. The standard InChI is InChI=1S/C36H31Cl2F3N4O6/c1-3-12-44-31(47)22-10-9-21-23(28(22)33(44)49)15-25-32(48)45(43-30-26(38)13-18(16-42-30)36(39,40)41)34(50)35(25,17-4-6-19(37)7-5-17)29(21)24-14-20(51-2)8-11-27(24)46/h4-9,11,13-14,16,22-23,25,28-29,46H,3,10,12,15H2,1-2H3,(H,42,43). The number of alkyl halides is 3. The summed E-state index contributed by atoms with van der Waals surface area (Å²) in [6.45, 7) is 2.10. The van der Waals surface area contributed by atoms with Gasteiger partial charge in [-0.2, -0.15) is 18.2 Å². The van der Waals surface area contributed by atoms with Crippen LogP contribution in [0.1, 0.15) is 48.8 Å². The van der Waals surface area contributed by atoms with E-state index in [0.29, 0.717) is 45.6 Å². The highest BCUT2D eigenvalue weighted by Crippen LogP contribution is 2.65. The van der Waals surface area contributed by atoms with Crippen LogP contribution in [0.4, 0.5) is 19.0 Å². The van der Waals surface area contributed by atoms with Gasteiger partial charge in [-0.25, -0.2) is 4.98 Å². The number of rotatable bonds is 7. The fourth-order valence-electron chi connectivity index (χ4n) is 8.53. The van der Waals surface area contributed by atoms with Crippen molar-refractivity contribution in [2.24, 2.45) is 23.7 Å². The van der Waals surface area contributed by atoms with Gasteiger partial charge in [0, 0.05) is 29.2 Å². The third-order valence-electron chi connectivity index (χ3n) is 10.6. The van der Waals surface area contributed by atoms with Crippen molar-refractivity contribution in [3.05, 3.63) is 93.1 Å². The molecule has 6 unspecified atom stereocenters. The Morgan fingerprint density at radius 2 is 1.75 bits per heavy atom. The normalized spacial score (nSPS) is 27.3. The molecule has 51 heavy (non-hydrogen) atoms. The maximum Gasteiger partial charge on any atom is 0.417 e. The number of carbonyl (C=O) groups excluding carboxylic acids is 4. The lowest BCUT2D eigenvalue weighted by atomic mass is 9.49. The molecule has 6 atom stereocenters. The van der Waals surface area contributed by atoms with E-state index >= 15 is 4.79 Å². The Morgan fingerprint density at radius 1 is 1.02 bits per heavy atom. The van der Waals surface area contributed by atoms with Crippen LogP contribution in [0.5, 0.6) is 11.5 Å². The number of hydrogen-bond acceptors (Lipinski definition) is 8. The van der Waals surface area contributed by atoms with Crippen LogP contribution in [-0.4, -0.2) is 57.3 Å². The zero-order valence-corrected chi connectivity index (χ0v) is 28.7. The Hall–Kier alpha value is -4.62. The fourth-order valence-corrected chi connectivity index (χ4v) is 8.86. The monoisotopic (exact) mass is 742 g/mol. The zero-order valence-electron chi connectivity index (χ0n) is 27.2. The molecule has 2 N–H and O–H groups in total. The number of nitrogens with one attached hydrogen (secondary N) is 1. The summed E-state index contributed by atoms with van der Waals surface area (Å²) in [5.74, 6) is -6.92. The molecule has 3 heterocycles. The summed E-state index contributed by atoms with van der Waals surface area (Å²) in [4.78, 5) is 62.5. The highest BCUT2D eigenvalue weighted by atomic mass is 35.5. The summed E-state index contributed by atoms with van der Waals surface area (Å²) in [6, 6.07) is 11.5. The van der Waals surface area contributed by atoms with E-state index in [2.05, 4.69) is 10.4 Å². The number of allylic oxidation sites excluding steroid dienone is 2. The average Bonchev–Trinajstić information content (AvgIpc) is 3.46. The van der Waals surface area contributed by atoms with E-state index in [4.69, 9.17) is 27.9 Å². The Labute approximate surface area is 300 Å². The molecule has 2 aromatic carbocycles. The van der Waals surface area contributed by atoms with Crippen LogP contribution < -0.4 is 10.2 Å². The number of phenols is 1. The molecule has 4 aliphatic rings. The van der Waals surface area contributed by atoms with Crippen LogP contribution in [0.25, 0.3) is 0 Å².